The lowest BCUT2D eigenvalue weighted by Crippen LogP contribution is -2.40. The number of carbonyl (C=O) groups excluding carboxylic acids is 1. The lowest BCUT2D eigenvalue weighted by Gasteiger charge is -2.25. The van der Waals surface area contributed by atoms with E-state index in [4.69, 9.17) is 19.8 Å². The number of ether oxygens (including phenoxy) is 1. The maximum absolute atomic E-state index is 12.3. The van der Waals surface area contributed by atoms with E-state index in [1.165, 1.54) is 4.90 Å². The largest absolute Gasteiger partial charge is 0.443 e. The van der Waals surface area contributed by atoms with Crippen molar-refractivity contribution in [3.8, 4) is 0 Å². The molecule has 20 heavy (non-hydrogen) atoms. The minimum absolute atomic E-state index is 0.0672. The fraction of sp³-hybridized carbons (Fsp3) is 0.545. The van der Waals surface area contributed by atoms with Crippen molar-refractivity contribution in [1.82, 2.24) is 4.90 Å². The van der Waals surface area contributed by atoms with Crippen molar-refractivity contribution in [2.75, 3.05) is 13.7 Å². The van der Waals surface area contributed by atoms with E-state index >= 15 is 0 Å². The predicted octanol–water partition coefficient (Wildman–Crippen LogP) is 2.22. The molecule has 2 unspecified atom stereocenters. The Kier molecular flexibility index (Phi) is 4.48. The van der Waals surface area contributed by atoms with Gasteiger partial charge in [0.05, 0.1) is 12.1 Å². The number of nitrogens with zero attached hydrogens (tertiary/aromatic N) is 1. The van der Waals surface area contributed by atoms with Crippen molar-refractivity contribution < 1.29 is 22.4 Å². The Morgan fingerprint density at radius 2 is 2.20 bits per heavy atom. The number of carbonyl (C=O) groups is 1. The first kappa shape index (κ1) is 15.8. The summed E-state index contributed by atoms with van der Waals surface area (Å²) in [6.07, 6.45) is 0.657. The lowest BCUT2D eigenvalue weighted by atomic mass is 10.1. The molecule has 2 atom stereocenters. The Morgan fingerprint density at radius 3 is 2.65 bits per heavy atom. The number of hydrogen-bond acceptors (Lipinski definition) is 5. The molecule has 0 aliphatic carbocycles. The molecule has 1 aromatic heterocycles. The molecule has 0 saturated carbocycles. The molecule has 9 heteroatoms. The van der Waals surface area contributed by atoms with E-state index < -0.39 is 15.0 Å². The van der Waals surface area contributed by atoms with Crippen molar-refractivity contribution in [2.24, 2.45) is 0 Å². The molecule has 1 aliphatic rings. The van der Waals surface area contributed by atoms with Crippen molar-refractivity contribution >= 4 is 41.6 Å². The second-order valence-corrected chi connectivity index (χ2v) is 7.79. The van der Waals surface area contributed by atoms with Crippen LogP contribution in [-0.2, 0) is 13.8 Å². The second kappa shape index (κ2) is 5.67. The molecule has 0 spiro atoms. The van der Waals surface area contributed by atoms with Gasteiger partial charge in [0.25, 0.3) is 15.0 Å². The first-order valence-electron chi connectivity index (χ1n) is 5.84. The van der Waals surface area contributed by atoms with Crippen LogP contribution in [0, 0.1) is 0 Å². The van der Waals surface area contributed by atoms with Crippen LogP contribution in [0.1, 0.15) is 23.9 Å². The van der Waals surface area contributed by atoms with Gasteiger partial charge in [-0.3, -0.25) is 4.79 Å². The predicted molar refractivity (Wildman–Crippen MR) is 75.4 cm³/mol. The minimum Gasteiger partial charge on any atom is -0.443 e. The van der Waals surface area contributed by atoms with Crippen LogP contribution in [-0.4, -0.2) is 45.0 Å². The van der Waals surface area contributed by atoms with E-state index in [0.717, 1.165) is 12.5 Å². The Balaban J connectivity index is 2.26. The fourth-order valence-electron chi connectivity index (χ4n) is 2.18. The average Bonchev–Trinajstić information content (AvgIpc) is 2.92. The molecule has 0 radical (unpaired) electrons. The summed E-state index contributed by atoms with van der Waals surface area (Å²) in [5, 5.41) is 0. The molecule has 2 heterocycles. The van der Waals surface area contributed by atoms with Gasteiger partial charge < -0.3 is 14.1 Å². The fourth-order valence-corrected chi connectivity index (χ4v) is 4.21. The standard InChI is InChI=1S/C11H13BrClNO5S/c1-6-7(3-4-18-6)14(2)11(15)8-5-9(10(12)19-8)20(13,16)17/h5-7H,3-4H2,1-2H3. The van der Waals surface area contributed by atoms with Crippen LogP contribution in [0.25, 0.3) is 0 Å². The van der Waals surface area contributed by atoms with Crippen molar-refractivity contribution in [3.05, 3.63) is 16.5 Å². The van der Waals surface area contributed by atoms with E-state index in [9.17, 15) is 13.2 Å². The SMILES string of the molecule is CC1OCCC1N(C)C(=O)c1cc(S(=O)(=O)Cl)c(Br)o1. The molecular formula is C11H13BrClNO5S. The van der Waals surface area contributed by atoms with Gasteiger partial charge in [0.15, 0.2) is 10.4 Å². The normalized spacial score (nSPS) is 23.0. The number of hydrogen-bond donors (Lipinski definition) is 0. The second-order valence-electron chi connectivity index (χ2n) is 4.53. The third-order valence-corrected chi connectivity index (χ3v) is 5.46. The molecule has 1 saturated heterocycles. The molecule has 6 nitrogen and oxygen atoms in total. The van der Waals surface area contributed by atoms with Crippen LogP contribution in [0.3, 0.4) is 0 Å². The summed E-state index contributed by atoms with van der Waals surface area (Å²) < 4.78 is 33.1. The topological polar surface area (TPSA) is 76.8 Å². The van der Waals surface area contributed by atoms with Crippen molar-refractivity contribution in [1.29, 1.82) is 0 Å². The number of furan rings is 1. The summed E-state index contributed by atoms with van der Waals surface area (Å²) in [6, 6.07) is 1.05. The highest BCUT2D eigenvalue weighted by molar-refractivity contribution is 9.10. The van der Waals surface area contributed by atoms with Crippen molar-refractivity contribution in [3.63, 3.8) is 0 Å². The monoisotopic (exact) mass is 385 g/mol. The Bertz CT molecular complexity index is 629. The van der Waals surface area contributed by atoms with Crippen LogP contribution >= 0.6 is 26.6 Å². The molecule has 2 rings (SSSR count). The highest BCUT2D eigenvalue weighted by atomic mass is 79.9. The minimum atomic E-state index is -3.97. The van der Waals surface area contributed by atoms with E-state index in [1.807, 2.05) is 6.92 Å². The van der Waals surface area contributed by atoms with E-state index in [0.29, 0.717) is 6.61 Å². The van der Waals surface area contributed by atoms with Gasteiger partial charge in [-0.1, -0.05) is 0 Å². The Labute approximate surface area is 129 Å². The Hall–Kier alpha value is -0.570. The van der Waals surface area contributed by atoms with E-state index in [1.54, 1.807) is 7.05 Å². The molecule has 1 amide bonds. The molecule has 0 N–H and O–H groups in total. The van der Waals surface area contributed by atoms with Crippen LogP contribution in [0.15, 0.2) is 20.0 Å². The first-order valence-corrected chi connectivity index (χ1v) is 8.95. The average molecular weight is 387 g/mol. The van der Waals surface area contributed by atoms with Gasteiger partial charge in [0.1, 0.15) is 4.90 Å². The van der Waals surface area contributed by atoms with Gasteiger partial charge in [-0.15, -0.1) is 0 Å². The van der Waals surface area contributed by atoms with Gasteiger partial charge in [-0.05, 0) is 29.3 Å². The summed E-state index contributed by atoms with van der Waals surface area (Å²) in [7, 11) is 2.91. The van der Waals surface area contributed by atoms with Gasteiger partial charge in [0.2, 0.25) is 0 Å². The third-order valence-electron chi connectivity index (χ3n) is 3.28. The smallest absolute Gasteiger partial charge is 0.289 e. The summed E-state index contributed by atoms with van der Waals surface area (Å²) in [6.45, 7) is 2.47. The maximum atomic E-state index is 12.3. The third kappa shape index (κ3) is 3.03. The van der Waals surface area contributed by atoms with Crippen LogP contribution in [0.2, 0.25) is 0 Å². The van der Waals surface area contributed by atoms with E-state index in [-0.39, 0.29) is 27.5 Å². The summed E-state index contributed by atoms with van der Waals surface area (Å²) in [5.74, 6) is -0.502. The zero-order valence-corrected chi connectivity index (χ0v) is 14.0. The molecule has 1 aromatic rings. The van der Waals surface area contributed by atoms with Crippen LogP contribution in [0.5, 0.6) is 0 Å². The van der Waals surface area contributed by atoms with Gasteiger partial charge in [0, 0.05) is 30.4 Å². The van der Waals surface area contributed by atoms with Crippen LogP contribution < -0.4 is 0 Å². The number of halogens is 2. The number of rotatable bonds is 3. The quantitative estimate of drug-likeness (QED) is 0.745. The molecule has 0 aromatic carbocycles. The maximum Gasteiger partial charge on any atom is 0.289 e. The van der Waals surface area contributed by atoms with E-state index in [2.05, 4.69) is 15.9 Å². The Morgan fingerprint density at radius 1 is 1.55 bits per heavy atom. The lowest BCUT2D eigenvalue weighted by molar-refractivity contribution is 0.0548. The zero-order valence-electron chi connectivity index (χ0n) is 10.8. The van der Waals surface area contributed by atoms with Crippen LogP contribution in [0.4, 0.5) is 0 Å². The molecule has 0 bridgehead atoms. The van der Waals surface area contributed by atoms with Gasteiger partial charge >= 0.3 is 0 Å². The molecule has 1 aliphatic heterocycles. The molecule has 112 valence electrons. The summed E-state index contributed by atoms with van der Waals surface area (Å²) >= 11 is 2.94. The zero-order chi connectivity index (χ0) is 15.1. The van der Waals surface area contributed by atoms with Gasteiger partial charge in [-0.2, -0.15) is 0 Å². The summed E-state index contributed by atoms with van der Waals surface area (Å²) in [4.78, 5) is 13.5. The first-order chi connectivity index (χ1) is 9.21. The van der Waals surface area contributed by atoms with Crippen molar-refractivity contribution in [2.45, 2.75) is 30.4 Å². The molecular weight excluding hydrogens is 374 g/mol. The number of amides is 1. The summed E-state index contributed by atoms with van der Waals surface area (Å²) in [5.41, 5.74) is 0. The number of likely N-dealkylation sites (N-methyl/N-ethyl adjacent to an activating group) is 1. The molecule has 1 fully saturated rings. The highest BCUT2D eigenvalue weighted by Crippen LogP contribution is 2.30. The van der Waals surface area contributed by atoms with Gasteiger partial charge in [-0.25, -0.2) is 8.42 Å². The highest BCUT2D eigenvalue weighted by Gasteiger charge is 2.33.